The van der Waals surface area contributed by atoms with E-state index in [0.29, 0.717) is 12.1 Å². The second-order valence-electron chi connectivity index (χ2n) is 7.10. The Labute approximate surface area is 171 Å². The van der Waals surface area contributed by atoms with E-state index >= 15 is 0 Å². The average Bonchev–Trinajstić information content (AvgIpc) is 3.43. The maximum atomic E-state index is 4.44. The summed E-state index contributed by atoms with van der Waals surface area (Å²) in [5.41, 5.74) is 0. The molecule has 3 rings (SSSR count). The predicted octanol–water partition coefficient (Wildman–Crippen LogP) is 3.41. The summed E-state index contributed by atoms with van der Waals surface area (Å²) in [5.74, 6) is 0.874. The van der Waals surface area contributed by atoms with Crippen LogP contribution < -0.4 is 10.6 Å². The Morgan fingerprint density at radius 2 is 1.70 bits per heavy atom. The highest BCUT2D eigenvalue weighted by Gasteiger charge is 2.24. The van der Waals surface area contributed by atoms with Gasteiger partial charge in [0.1, 0.15) is 0 Å². The smallest absolute Gasteiger partial charge is 0.191 e. The van der Waals surface area contributed by atoms with Gasteiger partial charge in [0, 0.05) is 29.9 Å². The van der Waals surface area contributed by atoms with Crippen LogP contribution in [0.1, 0.15) is 34.7 Å². The summed E-state index contributed by atoms with van der Waals surface area (Å²) >= 11 is 3.66. The molecule has 3 heterocycles. The fraction of sp³-hybridized carbons (Fsp3) is 0.550. The van der Waals surface area contributed by atoms with Gasteiger partial charge in [-0.1, -0.05) is 12.1 Å². The molecule has 0 amide bonds. The standard InChI is InChI=1S/C20H31N5S2/c1-21-20(22-14-16(24(2)3)18-8-6-12-26-18)23-15-17(19-9-7-13-27-19)25-10-4-5-11-25/h6-9,12-13,16-17H,4-5,10-11,14-15H2,1-3H3,(H2,21,22,23). The van der Waals surface area contributed by atoms with E-state index in [1.807, 2.05) is 18.4 Å². The largest absolute Gasteiger partial charge is 0.354 e. The lowest BCUT2D eigenvalue weighted by Crippen LogP contribution is -2.44. The number of hydrogen-bond acceptors (Lipinski definition) is 5. The molecule has 7 heteroatoms. The molecule has 27 heavy (non-hydrogen) atoms. The zero-order chi connectivity index (χ0) is 19.1. The highest BCUT2D eigenvalue weighted by molar-refractivity contribution is 7.10. The lowest BCUT2D eigenvalue weighted by Gasteiger charge is -2.28. The van der Waals surface area contributed by atoms with E-state index < -0.39 is 0 Å². The summed E-state index contributed by atoms with van der Waals surface area (Å²) in [5, 5.41) is 11.4. The van der Waals surface area contributed by atoms with Crippen molar-refractivity contribution in [3.05, 3.63) is 44.8 Å². The van der Waals surface area contributed by atoms with Gasteiger partial charge in [-0.3, -0.25) is 9.89 Å². The molecule has 5 nitrogen and oxygen atoms in total. The Balaban J connectivity index is 1.57. The third-order valence-corrected chi connectivity index (χ3v) is 7.04. The topological polar surface area (TPSA) is 42.9 Å². The van der Waals surface area contributed by atoms with Crippen LogP contribution in [-0.2, 0) is 0 Å². The Bertz CT molecular complexity index is 675. The van der Waals surface area contributed by atoms with Gasteiger partial charge >= 0.3 is 0 Å². The van der Waals surface area contributed by atoms with Crippen LogP contribution in [0.4, 0.5) is 0 Å². The predicted molar refractivity (Wildman–Crippen MR) is 118 cm³/mol. The first-order chi connectivity index (χ1) is 13.2. The quantitative estimate of drug-likeness (QED) is 0.522. The summed E-state index contributed by atoms with van der Waals surface area (Å²) in [7, 11) is 6.10. The van der Waals surface area contributed by atoms with Gasteiger partial charge in [0.25, 0.3) is 0 Å². The normalized spacial score (nSPS) is 18.0. The van der Waals surface area contributed by atoms with Gasteiger partial charge in [-0.05, 0) is 62.9 Å². The molecular formula is C20H31N5S2. The number of hydrogen-bond donors (Lipinski definition) is 2. The minimum atomic E-state index is 0.343. The van der Waals surface area contributed by atoms with Crippen LogP contribution >= 0.6 is 22.7 Å². The summed E-state index contributed by atoms with van der Waals surface area (Å²) in [4.78, 5) is 12.1. The van der Waals surface area contributed by atoms with Crippen molar-refractivity contribution in [3.63, 3.8) is 0 Å². The van der Waals surface area contributed by atoms with Crippen LogP contribution in [0.15, 0.2) is 40.0 Å². The van der Waals surface area contributed by atoms with Crippen LogP contribution in [0.3, 0.4) is 0 Å². The van der Waals surface area contributed by atoms with E-state index in [1.165, 1.54) is 35.7 Å². The van der Waals surface area contributed by atoms with Crippen molar-refractivity contribution in [3.8, 4) is 0 Å². The number of rotatable bonds is 8. The number of thiophene rings is 2. The molecule has 2 atom stereocenters. The SMILES string of the molecule is CN=C(NCC(c1cccs1)N(C)C)NCC(c1cccs1)N1CCCC1. The molecule has 2 N–H and O–H groups in total. The van der Waals surface area contributed by atoms with Crippen molar-refractivity contribution in [2.24, 2.45) is 4.99 Å². The third-order valence-electron chi connectivity index (χ3n) is 5.10. The average molecular weight is 406 g/mol. The van der Waals surface area contributed by atoms with Gasteiger partial charge in [0.15, 0.2) is 5.96 Å². The minimum absolute atomic E-state index is 0.343. The van der Waals surface area contributed by atoms with Crippen molar-refractivity contribution in [2.75, 3.05) is 47.3 Å². The Hall–Kier alpha value is -1.41. The van der Waals surface area contributed by atoms with Crippen LogP contribution in [-0.4, -0.2) is 63.1 Å². The Morgan fingerprint density at radius 1 is 1.07 bits per heavy atom. The molecule has 2 aromatic heterocycles. The fourth-order valence-electron chi connectivity index (χ4n) is 3.57. The van der Waals surface area contributed by atoms with Crippen molar-refractivity contribution >= 4 is 28.6 Å². The summed E-state index contributed by atoms with van der Waals surface area (Å²) < 4.78 is 0. The highest BCUT2D eigenvalue weighted by Crippen LogP contribution is 2.28. The molecule has 0 aromatic carbocycles. The van der Waals surface area contributed by atoms with Gasteiger partial charge in [0.05, 0.1) is 12.1 Å². The molecule has 0 bridgehead atoms. The van der Waals surface area contributed by atoms with Gasteiger partial charge in [-0.2, -0.15) is 0 Å². The molecule has 1 saturated heterocycles. The number of likely N-dealkylation sites (tertiary alicyclic amines) is 1. The first-order valence-electron chi connectivity index (χ1n) is 9.61. The molecule has 1 fully saturated rings. The zero-order valence-corrected chi connectivity index (χ0v) is 18.2. The summed E-state index contributed by atoms with van der Waals surface area (Å²) in [6.07, 6.45) is 2.61. The lowest BCUT2D eigenvalue weighted by atomic mass is 10.2. The van der Waals surface area contributed by atoms with Crippen LogP contribution in [0.5, 0.6) is 0 Å². The van der Waals surface area contributed by atoms with E-state index in [9.17, 15) is 0 Å². The maximum absolute atomic E-state index is 4.44. The van der Waals surface area contributed by atoms with Crippen molar-refractivity contribution in [1.82, 2.24) is 20.4 Å². The Kier molecular flexibility index (Phi) is 7.70. The number of aliphatic imine (C=N–C) groups is 1. The lowest BCUT2D eigenvalue weighted by molar-refractivity contribution is 0.248. The molecule has 2 unspecified atom stereocenters. The van der Waals surface area contributed by atoms with E-state index in [4.69, 9.17) is 0 Å². The van der Waals surface area contributed by atoms with Crippen LogP contribution in [0, 0.1) is 0 Å². The van der Waals surface area contributed by atoms with Gasteiger partial charge in [-0.15, -0.1) is 22.7 Å². The van der Waals surface area contributed by atoms with Gasteiger partial charge < -0.3 is 15.5 Å². The highest BCUT2D eigenvalue weighted by atomic mass is 32.1. The van der Waals surface area contributed by atoms with Crippen LogP contribution in [0.25, 0.3) is 0 Å². The molecule has 0 saturated carbocycles. The number of likely N-dealkylation sites (N-methyl/N-ethyl adjacent to an activating group) is 1. The first-order valence-corrected chi connectivity index (χ1v) is 11.4. The molecule has 0 radical (unpaired) electrons. The maximum Gasteiger partial charge on any atom is 0.191 e. The van der Waals surface area contributed by atoms with Crippen molar-refractivity contribution < 1.29 is 0 Å². The second-order valence-corrected chi connectivity index (χ2v) is 9.06. The first kappa shape index (κ1) is 20.3. The van der Waals surface area contributed by atoms with Crippen molar-refractivity contribution in [1.29, 1.82) is 0 Å². The van der Waals surface area contributed by atoms with Crippen molar-refractivity contribution in [2.45, 2.75) is 24.9 Å². The molecule has 148 valence electrons. The molecule has 2 aromatic rings. The number of nitrogens with zero attached hydrogens (tertiary/aromatic N) is 3. The van der Waals surface area contributed by atoms with Gasteiger partial charge in [0.2, 0.25) is 0 Å². The summed E-state index contributed by atoms with van der Waals surface area (Å²) in [6, 6.07) is 9.49. The molecule has 1 aliphatic rings. The number of guanidine groups is 1. The summed E-state index contributed by atoms with van der Waals surface area (Å²) in [6.45, 7) is 4.10. The Morgan fingerprint density at radius 3 is 2.26 bits per heavy atom. The van der Waals surface area contributed by atoms with E-state index in [1.54, 1.807) is 11.3 Å². The molecule has 1 aliphatic heterocycles. The monoisotopic (exact) mass is 405 g/mol. The number of nitrogens with one attached hydrogen (secondary N) is 2. The fourth-order valence-corrected chi connectivity index (χ4v) is 5.35. The minimum Gasteiger partial charge on any atom is -0.354 e. The van der Waals surface area contributed by atoms with E-state index in [2.05, 4.69) is 74.5 Å². The van der Waals surface area contributed by atoms with Gasteiger partial charge in [-0.25, -0.2) is 0 Å². The van der Waals surface area contributed by atoms with E-state index in [-0.39, 0.29) is 0 Å². The van der Waals surface area contributed by atoms with Crippen LogP contribution in [0.2, 0.25) is 0 Å². The van der Waals surface area contributed by atoms with E-state index in [0.717, 1.165) is 19.0 Å². The molecular weight excluding hydrogens is 374 g/mol. The molecule has 0 aliphatic carbocycles. The molecule has 0 spiro atoms. The second kappa shape index (κ2) is 10.2. The third kappa shape index (κ3) is 5.54. The zero-order valence-electron chi connectivity index (χ0n) is 16.5.